The number of aromatic nitrogens is 3. The number of nitriles is 1. The third kappa shape index (κ3) is 3.77. The van der Waals surface area contributed by atoms with Crippen molar-refractivity contribution in [1.29, 1.82) is 5.26 Å². The number of amides is 1. The van der Waals surface area contributed by atoms with E-state index < -0.39 is 0 Å². The fourth-order valence-electron chi connectivity index (χ4n) is 4.65. The van der Waals surface area contributed by atoms with Crippen LogP contribution in [0.25, 0.3) is 17.3 Å². The molecule has 176 valence electrons. The monoisotopic (exact) mass is 468 g/mol. The van der Waals surface area contributed by atoms with Crippen LogP contribution in [0.15, 0.2) is 57.7 Å². The van der Waals surface area contributed by atoms with E-state index in [9.17, 15) is 10.1 Å². The zero-order valence-corrected chi connectivity index (χ0v) is 19.3. The number of carbonyl (C=O) groups is 1. The second-order valence-electron chi connectivity index (χ2n) is 8.96. The molecule has 0 atom stereocenters. The SMILES string of the molecule is Cc1ccccc1-n1ncc(C(=O)N2CCN(c3oc(-c4ccco4)nc3C#N)CC2)c1C1CC1. The summed E-state index contributed by atoms with van der Waals surface area (Å²) in [6, 6.07) is 13.7. The number of piperazine rings is 1. The van der Waals surface area contributed by atoms with E-state index in [2.05, 4.69) is 29.1 Å². The van der Waals surface area contributed by atoms with Gasteiger partial charge in [0.05, 0.1) is 29.4 Å². The molecule has 4 aromatic rings. The van der Waals surface area contributed by atoms with Gasteiger partial charge in [-0.1, -0.05) is 18.2 Å². The molecule has 2 aliphatic rings. The first-order valence-electron chi connectivity index (χ1n) is 11.8. The molecule has 0 unspecified atom stereocenters. The highest BCUT2D eigenvalue weighted by molar-refractivity contribution is 5.95. The van der Waals surface area contributed by atoms with Crippen LogP contribution >= 0.6 is 0 Å². The van der Waals surface area contributed by atoms with Crippen molar-refractivity contribution in [2.24, 2.45) is 0 Å². The van der Waals surface area contributed by atoms with Crippen LogP contribution in [-0.4, -0.2) is 51.8 Å². The van der Waals surface area contributed by atoms with Crippen molar-refractivity contribution >= 4 is 11.8 Å². The van der Waals surface area contributed by atoms with Gasteiger partial charge in [-0.25, -0.2) is 4.68 Å². The van der Waals surface area contributed by atoms with Crippen molar-refractivity contribution in [3.63, 3.8) is 0 Å². The average Bonchev–Trinajstić information content (AvgIpc) is 3.28. The Hall–Kier alpha value is -4.32. The maximum atomic E-state index is 13.6. The minimum absolute atomic E-state index is 0.000681. The van der Waals surface area contributed by atoms with Gasteiger partial charge >= 0.3 is 0 Å². The van der Waals surface area contributed by atoms with Crippen LogP contribution in [0.3, 0.4) is 0 Å². The van der Waals surface area contributed by atoms with Crippen LogP contribution in [0.5, 0.6) is 0 Å². The highest BCUT2D eigenvalue weighted by atomic mass is 16.4. The van der Waals surface area contributed by atoms with Gasteiger partial charge in [0.2, 0.25) is 11.6 Å². The van der Waals surface area contributed by atoms with E-state index in [-0.39, 0.29) is 17.5 Å². The third-order valence-electron chi connectivity index (χ3n) is 6.65. The molecule has 1 amide bonds. The second-order valence-corrected chi connectivity index (χ2v) is 8.96. The van der Waals surface area contributed by atoms with Gasteiger partial charge in [0.1, 0.15) is 6.07 Å². The quantitative estimate of drug-likeness (QED) is 0.433. The number of benzene rings is 1. The predicted molar refractivity (Wildman–Crippen MR) is 127 cm³/mol. The normalized spacial score (nSPS) is 15.9. The van der Waals surface area contributed by atoms with Gasteiger partial charge in [-0.15, -0.1) is 0 Å². The van der Waals surface area contributed by atoms with Crippen LogP contribution < -0.4 is 4.90 Å². The first-order chi connectivity index (χ1) is 17.1. The molecule has 1 aromatic carbocycles. The number of carbonyl (C=O) groups excluding carboxylic acids is 1. The Bertz CT molecular complexity index is 1420. The molecular formula is C26H24N6O3. The zero-order chi connectivity index (χ0) is 23.9. The molecule has 3 aromatic heterocycles. The van der Waals surface area contributed by atoms with E-state index in [4.69, 9.17) is 8.83 Å². The van der Waals surface area contributed by atoms with Gasteiger partial charge in [-0.05, 0) is 43.5 Å². The number of hydrogen-bond donors (Lipinski definition) is 0. The van der Waals surface area contributed by atoms with E-state index in [1.54, 1.807) is 18.3 Å². The highest BCUT2D eigenvalue weighted by Crippen LogP contribution is 2.43. The van der Waals surface area contributed by atoms with Gasteiger partial charge in [-0.3, -0.25) is 4.79 Å². The Labute approximate surface area is 202 Å². The van der Waals surface area contributed by atoms with Crippen molar-refractivity contribution in [2.75, 3.05) is 31.1 Å². The molecular weight excluding hydrogens is 444 g/mol. The summed E-state index contributed by atoms with van der Waals surface area (Å²) in [5, 5.41) is 14.2. The molecule has 1 aliphatic carbocycles. The lowest BCUT2D eigenvalue weighted by Gasteiger charge is -2.34. The van der Waals surface area contributed by atoms with Crippen LogP contribution in [0.4, 0.5) is 5.88 Å². The van der Waals surface area contributed by atoms with E-state index in [1.165, 1.54) is 6.26 Å². The van der Waals surface area contributed by atoms with Crippen LogP contribution in [0.2, 0.25) is 0 Å². The smallest absolute Gasteiger partial charge is 0.266 e. The molecule has 1 aliphatic heterocycles. The number of nitrogens with zero attached hydrogens (tertiary/aromatic N) is 6. The van der Waals surface area contributed by atoms with Crippen LogP contribution in [0, 0.1) is 18.3 Å². The number of oxazole rings is 1. The number of para-hydroxylation sites is 1. The maximum Gasteiger partial charge on any atom is 0.266 e. The van der Waals surface area contributed by atoms with Crippen molar-refractivity contribution in [3.05, 3.63) is 71.4 Å². The molecule has 1 saturated heterocycles. The van der Waals surface area contributed by atoms with Crippen LogP contribution in [-0.2, 0) is 0 Å². The fraction of sp³-hybridized carbons (Fsp3) is 0.308. The van der Waals surface area contributed by atoms with Crippen molar-refractivity contribution in [3.8, 4) is 23.4 Å². The van der Waals surface area contributed by atoms with E-state index in [0.29, 0.717) is 49.3 Å². The number of anilines is 1. The van der Waals surface area contributed by atoms with Gasteiger partial charge in [0.15, 0.2) is 5.76 Å². The summed E-state index contributed by atoms with van der Waals surface area (Å²) in [6.45, 7) is 4.17. The van der Waals surface area contributed by atoms with Crippen molar-refractivity contribution in [1.82, 2.24) is 19.7 Å². The maximum absolute atomic E-state index is 13.6. The lowest BCUT2D eigenvalue weighted by atomic mass is 10.1. The molecule has 1 saturated carbocycles. The van der Waals surface area contributed by atoms with Gasteiger partial charge in [-0.2, -0.15) is 15.3 Å². The molecule has 2 fully saturated rings. The topological polar surface area (TPSA) is 104 Å². The molecule has 4 heterocycles. The lowest BCUT2D eigenvalue weighted by Crippen LogP contribution is -2.49. The van der Waals surface area contributed by atoms with Gasteiger partial charge in [0, 0.05) is 32.1 Å². The minimum Gasteiger partial charge on any atom is -0.459 e. The Morgan fingerprint density at radius 2 is 1.91 bits per heavy atom. The molecule has 9 nitrogen and oxygen atoms in total. The summed E-state index contributed by atoms with van der Waals surface area (Å²) in [6.07, 6.45) is 5.40. The zero-order valence-electron chi connectivity index (χ0n) is 19.3. The summed E-state index contributed by atoms with van der Waals surface area (Å²) in [4.78, 5) is 21.6. The summed E-state index contributed by atoms with van der Waals surface area (Å²) in [5.74, 6) is 1.53. The number of rotatable bonds is 5. The van der Waals surface area contributed by atoms with Crippen LogP contribution in [0.1, 0.15) is 46.1 Å². The number of hydrogen-bond acceptors (Lipinski definition) is 7. The molecule has 0 bridgehead atoms. The van der Waals surface area contributed by atoms with E-state index in [0.717, 1.165) is 29.8 Å². The lowest BCUT2D eigenvalue weighted by molar-refractivity contribution is 0.0744. The average molecular weight is 469 g/mol. The molecule has 0 N–H and O–H groups in total. The van der Waals surface area contributed by atoms with E-state index in [1.807, 2.05) is 32.7 Å². The highest BCUT2D eigenvalue weighted by Gasteiger charge is 2.35. The van der Waals surface area contributed by atoms with Crippen molar-refractivity contribution in [2.45, 2.75) is 25.7 Å². The van der Waals surface area contributed by atoms with Crippen molar-refractivity contribution < 1.29 is 13.6 Å². The molecule has 35 heavy (non-hydrogen) atoms. The summed E-state index contributed by atoms with van der Waals surface area (Å²) >= 11 is 0. The largest absolute Gasteiger partial charge is 0.459 e. The van der Waals surface area contributed by atoms with Gasteiger partial charge < -0.3 is 18.6 Å². The Morgan fingerprint density at radius 3 is 2.60 bits per heavy atom. The summed E-state index contributed by atoms with van der Waals surface area (Å²) in [5.41, 5.74) is 4.05. The number of furan rings is 1. The predicted octanol–water partition coefficient (Wildman–Crippen LogP) is 4.14. The molecule has 9 heteroatoms. The Kier molecular flexibility index (Phi) is 5.14. The van der Waals surface area contributed by atoms with E-state index >= 15 is 0 Å². The Morgan fingerprint density at radius 1 is 1.11 bits per heavy atom. The standard InChI is InChI=1S/C26H24N6O3/c1-17-5-2-3-6-21(17)32-23(18-8-9-18)19(16-28-32)25(33)30-10-12-31(13-11-30)26-20(15-27)29-24(35-26)22-7-4-14-34-22/h2-7,14,16,18H,8-13H2,1H3. The second kappa shape index (κ2) is 8.47. The summed E-state index contributed by atoms with van der Waals surface area (Å²) < 4.78 is 13.2. The first kappa shape index (κ1) is 21.2. The summed E-state index contributed by atoms with van der Waals surface area (Å²) in [7, 11) is 0. The molecule has 0 spiro atoms. The molecule has 0 radical (unpaired) electrons. The fourth-order valence-corrected chi connectivity index (χ4v) is 4.65. The molecule has 6 rings (SSSR count). The third-order valence-corrected chi connectivity index (χ3v) is 6.65. The Balaban J connectivity index is 1.21. The number of aryl methyl sites for hydroxylation is 1. The minimum atomic E-state index is 0.000681. The van der Waals surface area contributed by atoms with Gasteiger partial charge in [0.25, 0.3) is 11.8 Å². The first-order valence-corrected chi connectivity index (χ1v) is 11.8.